The minimum absolute atomic E-state index is 0.0901. The van der Waals surface area contributed by atoms with Crippen LogP contribution in [0.15, 0.2) is 72.8 Å². The Morgan fingerprint density at radius 1 is 0.609 bits per heavy atom. The van der Waals surface area contributed by atoms with E-state index >= 15 is 0 Å². The smallest absolute Gasteiger partial charge is 0.0881 e. The summed E-state index contributed by atoms with van der Waals surface area (Å²) in [5.41, 5.74) is 14.0. The zero-order valence-electron chi connectivity index (χ0n) is 30.2. The second-order valence-electron chi connectivity index (χ2n) is 17.8. The highest BCUT2D eigenvalue weighted by Crippen LogP contribution is 2.54. The predicted octanol–water partition coefficient (Wildman–Crippen LogP) is 13.1. The molecule has 6 rings (SSSR count). The van der Waals surface area contributed by atoms with E-state index in [1.165, 1.54) is 27.8 Å². The first-order chi connectivity index (χ1) is 21.2. The number of fused-ring (bicyclic) bond motifs is 2. The molecule has 0 radical (unpaired) electrons. The summed E-state index contributed by atoms with van der Waals surface area (Å²) in [7, 11) is 0. The number of hydrogen-bond donors (Lipinski definition) is 1. The van der Waals surface area contributed by atoms with Crippen LogP contribution in [-0.2, 0) is 27.1 Å². The molecule has 242 valence electrons. The van der Waals surface area contributed by atoms with Crippen LogP contribution < -0.4 is 10.2 Å². The van der Waals surface area contributed by atoms with Crippen LogP contribution in [0.25, 0.3) is 0 Å². The Morgan fingerprint density at radius 2 is 1.07 bits per heavy atom. The molecule has 46 heavy (non-hydrogen) atoms. The van der Waals surface area contributed by atoms with Gasteiger partial charge in [-0.3, -0.25) is 0 Å². The lowest BCUT2D eigenvalue weighted by Crippen LogP contribution is -2.18. The van der Waals surface area contributed by atoms with Crippen LogP contribution in [0, 0.1) is 6.92 Å². The molecular weight excluding hydrogens is 580 g/mol. The van der Waals surface area contributed by atoms with E-state index in [-0.39, 0.29) is 27.1 Å². The van der Waals surface area contributed by atoms with Crippen molar-refractivity contribution in [1.82, 2.24) is 0 Å². The summed E-state index contributed by atoms with van der Waals surface area (Å²) in [5, 5.41) is 4.38. The van der Waals surface area contributed by atoms with Crippen LogP contribution in [0.2, 0.25) is 5.02 Å². The van der Waals surface area contributed by atoms with E-state index in [1.54, 1.807) is 0 Å². The number of halogens is 1. The van der Waals surface area contributed by atoms with Gasteiger partial charge in [0, 0.05) is 17.1 Å². The summed E-state index contributed by atoms with van der Waals surface area (Å²) in [5.74, 6) is 0. The Morgan fingerprint density at radius 3 is 1.52 bits per heavy atom. The maximum atomic E-state index is 7.46. The Bertz CT molecular complexity index is 1740. The summed E-state index contributed by atoms with van der Waals surface area (Å²) < 4.78 is 0. The second kappa shape index (κ2) is 10.6. The SMILES string of the molecule is Cc1cc(Nc2ccc(C(C)(C)C)cc2)c(Cl)c(N(c2ccc3c(c2)C(C)(C)CC3(C)C)c2ccc3c(c2)C(C)(C)CC3(C)C)c1. The summed E-state index contributed by atoms with van der Waals surface area (Å²) in [6, 6.07) is 27.3. The zero-order chi connectivity index (χ0) is 33.6. The number of anilines is 5. The largest absolute Gasteiger partial charge is 0.354 e. The van der Waals surface area contributed by atoms with Crippen LogP contribution in [-0.4, -0.2) is 0 Å². The molecule has 0 saturated carbocycles. The zero-order valence-corrected chi connectivity index (χ0v) is 30.9. The van der Waals surface area contributed by atoms with Crippen molar-refractivity contribution in [2.45, 2.75) is 123 Å². The standard InChI is InChI=1S/C43H53ClN2/c1-27-21-36(45-29-15-13-28(14-16-29)39(2,3)4)38(44)37(22-27)46(30-17-19-32-34(23-30)42(9,10)25-40(32,5)6)31-18-20-33-35(24-31)43(11,12)26-41(33,7)8/h13-24,45H,25-26H2,1-12H3. The summed E-state index contributed by atoms with van der Waals surface area (Å²) >= 11 is 7.46. The normalized spacial score (nSPS) is 18.6. The van der Waals surface area contributed by atoms with Crippen molar-refractivity contribution in [3.05, 3.63) is 111 Å². The number of nitrogens with zero attached hydrogens (tertiary/aromatic N) is 1. The molecule has 0 aromatic heterocycles. The number of nitrogens with one attached hydrogen (secondary N) is 1. The second-order valence-corrected chi connectivity index (χ2v) is 18.2. The van der Waals surface area contributed by atoms with Crippen LogP contribution in [0.4, 0.5) is 28.4 Å². The number of benzene rings is 4. The highest BCUT2D eigenvalue weighted by atomic mass is 35.5. The summed E-state index contributed by atoms with van der Waals surface area (Å²) in [6.45, 7) is 28.0. The van der Waals surface area contributed by atoms with Crippen LogP contribution in [0.5, 0.6) is 0 Å². The molecule has 0 aliphatic heterocycles. The van der Waals surface area contributed by atoms with Gasteiger partial charge in [-0.2, -0.15) is 0 Å². The average molecular weight is 633 g/mol. The molecule has 0 unspecified atom stereocenters. The van der Waals surface area contributed by atoms with Crippen molar-refractivity contribution >= 4 is 40.0 Å². The average Bonchev–Trinajstić information content (AvgIpc) is 3.25. The van der Waals surface area contributed by atoms with Crippen LogP contribution in [0.1, 0.15) is 122 Å². The quantitative estimate of drug-likeness (QED) is 0.235. The number of aryl methyl sites for hydroxylation is 1. The van der Waals surface area contributed by atoms with Gasteiger partial charge in [0.1, 0.15) is 0 Å². The van der Waals surface area contributed by atoms with E-state index in [2.05, 4.69) is 166 Å². The van der Waals surface area contributed by atoms with Gasteiger partial charge >= 0.3 is 0 Å². The van der Waals surface area contributed by atoms with E-state index in [4.69, 9.17) is 11.6 Å². The molecule has 3 heteroatoms. The molecule has 4 aromatic rings. The fourth-order valence-electron chi connectivity index (χ4n) is 8.87. The molecule has 4 aromatic carbocycles. The lowest BCUT2D eigenvalue weighted by molar-refractivity contribution is 0.403. The van der Waals surface area contributed by atoms with Gasteiger partial charge in [-0.05, 0) is 129 Å². The topological polar surface area (TPSA) is 15.3 Å². The van der Waals surface area contributed by atoms with Crippen molar-refractivity contribution in [2.75, 3.05) is 10.2 Å². The highest BCUT2D eigenvalue weighted by Gasteiger charge is 2.43. The maximum absolute atomic E-state index is 7.46. The molecule has 0 bridgehead atoms. The fourth-order valence-corrected chi connectivity index (χ4v) is 9.11. The molecular formula is C43H53ClN2. The minimum Gasteiger partial charge on any atom is -0.354 e. The summed E-state index contributed by atoms with van der Waals surface area (Å²) in [4.78, 5) is 2.40. The molecule has 0 amide bonds. The minimum atomic E-state index is 0.0901. The molecule has 2 aliphatic carbocycles. The van der Waals surface area contributed by atoms with Crippen LogP contribution in [0.3, 0.4) is 0 Å². The fraction of sp³-hybridized carbons (Fsp3) is 0.442. The Hall–Kier alpha value is -3.23. The van der Waals surface area contributed by atoms with Gasteiger partial charge < -0.3 is 10.2 Å². The lowest BCUT2D eigenvalue weighted by atomic mass is 9.82. The maximum Gasteiger partial charge on any atom is 0.0881 e. The monoisotopic (exact) mass is 632 g/mol. The van der Waals surface area contributed by atoms with E-state index in [1.807, 2.05) is 0 Å². The third-order valence-electron chi connectivity index (χ3n) is 10.7. The molecule has 0 saturated heterocycles. The summed E-state index contributed by atoms with van der Waals surface area (Å²) in [6.07, 6.45) is 2.27. The molecule has 0 spiro atoms. The third kappa shape index (κ3) is 5.66. The van der Waals surface area contributed by atoms with Gasteiger partial charge in [-0.25, -0.2) is 0 Å². The first-order valence-electron chi connectivity index (χ1n) is 17.0. The molecule has 2 aliphatic rings. The van der Waals surface area contributed by atoms with E-state index < -0.39 is 0 Å². The van der Waals surface area contributed by atoms with Gasteiger partial charge in [0.05, 0.1) is 16.4 Å². The predicted molar refractivity (Wildman–Crippen MR) is 201 cm³/mol. The molecule has 2 nitrogen and oxygen atoms in total. The van der Waals surface area contributed by atoms with Crippen molar-refractivity contribution in [2.24, 2.45) is 0 Å². The molecule has 0 fully saturated rings. The van der Waals surface area contributed by atoms with Gasteiger partial charge in [-0.1, -0.05) is 112 Å². The van der Waals surface area contributed by atoms with E-state index in [0.717, 1.165) is 46.8 Å². The Kier molecular flexibility index (Phi) is 7.57. The molecule has 0 heterocycles. The Balaban J connectivity index is 1.53. The Labute approximate surface area is 283 Å². The van der Waals surface area contributed by atoms with E-state index in [0.29, 0.717) is 5.02 Å². The van der Waals surface area contributed by atoms with Crippen molar-refractivity contribution in [3.63, 3.8) is 0 Å². The van der Waals surface area contributed by atoms with Gasteiger partial charge in [0.25, 0.3) is 0 Å². The molecule has 0 atom stereocenters. The van der Waals surface area contributed by atoms with Gasteiger partial charge in [-0.15, -0.1) is 0 Å². The number of rotatable bonds is 5. The van der Waals surface area contributed by atoms with Crippen molar-refractivity contribution in [3.8, 4) is 0 Å². The first-order valence-corrected chi connectivity index (χ1v) is 17.4. The number of hydrogen-bond acceptors (Lipinski definition) is 2. The first kappa shape index (κ1) is 32.7. The highest BCUT2D eigenvalue weighted by molar-refractivity contribution is 6.36. The van der Waals surface area contributed by atoms with Gasteiger partial charge in [0.2, 0.25) is 0 Å². The van der Waals surface area contributed by atoms with Crippen molar-refractivity contribution < 1.29 is 0 Å². The lowest BCUT2D eigenvalue weighted by Gasteiger charge is -2.31. The molecule has 1 N–H and O–H groups in total. The third-order valence-corrected chi connectivity index (χ3v) is 11.1. The van der Waals surface area contributed by atoms with E-state index in [9.17, 15) is 0 Å². The van der Waals surface area contributed by atoms with Gasteiger partial charge in [0.15, 0.2) is 0 Å². The van der Waals surface area contributed by atoms with Crippen LogP contribution >= 0.6 is 11.6 Å². The van der Waals surface area contributed by atoms with Crippen molar-refractivity contribution in [1.29, 1.82) is 0 Å².